The number of nitrogens with zero attached hydrogens (tertiary/aromatic N) is 1. The molecule has 0 bridgehead atoms. The number of anilines is 1. The average Bonchev–Trinajstić information content (AvgIpc) is 2.45. The van der Waals surface area contributed by atoms with Crippen LogP contribution in [0.1, 0.15) is 37.7 Å². The molecule has 6 heteroatoms. The molecule has 1 saturated carbocycles. The molecule has 0 heterocycles. The van der Waals surface area contributed by atoms with Gasteiger partial charge in [0.15, 0.2) is 0 Å². The Labute approximate surface area is 140 Å². The van der Waals surface area contributed by atoms with Gasteiger partial charge in [0, 0.05) is 22.4 Å². The van der Waals surface area contributed by atoms with E-state index in [0.29, 0.717) is 10.5 Å². The van der Waals surface area contributed by atoms with E-state index in [2.05, 4.69) is 36.8 Å². The van der Waals surface area contributed by atoms with Crippen molar-refractivity contribution in [3.63, 3.8) is 0 Å². The van der Waals surface area contributed by atoms with Gasteiger partial charge >= 0.3 is 6.18 Å². The third kappa shape index (κ3) is 4.38. The molecule has 1 aromatic rings. The van der Waals surface area contributed by atoms with Crippen LogP contribution in [0.4, 0.5) is 18.9 Å². The van der Waals surface area contributed by atoms with E-state index in [1.807, 2.05) is 0 Å². The van der Waals surface area contributed by atoms with E-state index in [-0.39, 0.29) is 0 Å². The Hall–Kier alpha value is -0.230. The lowest BCUT2D eigenvalue weighted by molar-refractivity contribution is -0.137. The van der Waals surface area contributed by atoms with E-state index in [1.54, 1.807) is 6.07 Å². The van der Waals surface area contributed by atoms with Gasteiger partial charge in [0.2, 0.25) is 0 Å². The highest BCUT2D eigenvalue weighted by atomic mass is 79.9. The summed E-state index contributed by atoms with van der Waals surface area (Å²) in [7, 11) is 0. The van der Waals surface area contributed by atoms with Crippen molar-refractivity contribution in [2.24, 2.45) is 0 Å². The lowest BCUT2D eigenvalue weighted by Crippen LogP contribution is -2.38. The molecule has 0 amide bonds. The molecular weight excluding hydrogens is 411 g/mol. The van der Waals surface area contributed by atoms with Crippen LogP contribution in [0, 0.1) is 0 Å². The van der Waals surface area contributed by atoms with Crippen LogP contribution in [0.3, 0.4) is 0 Å². The number of hydrogen-bond acceptors (Lipinski definition) is 1. The van der Waals surface area contributed by atoms with E-state index < -0.39 is 11.7 Å². The van der Waals surface area contributed by atoms with Crippen molar-refractivity contribution >= 4 is 37.5 Å². The molecule has 0 aliphatic heterocycles. The summed E-state index contributed by atoms with van der Waals surface area (Å²) in [6.45, 7) is 0.800. The van der Waals surface area contributed by atoms with Gasteiger partial charge < -0.3 is 4.90 Å². The molecule has 1 aromatic carbocycles. The summed E-state index contributed by atoms with van der Waals surface area (Å²) in [5.74, 6) is 0. The second kappa shape index (κ2) is 7.36. The predicted molar refractivity (Wildman–Crippen MR) is 87.2 cm³/mol. The first-order valence-corrected chi connectivity index (χ1v) is 9.04. The molecule has 1 fully saturated rings. The Kier molecular flexibility index (Phi) is 6.00. The maximum absolute atomic E-state index is 12.8. The quantitative estimate of drug-likeness (QED) is 0.531. The van der Waals surface area contributed by atoms with E-state index in [4.69, 9.17) is 0 Å². The van der Waals surface area contributed by atoms with Crippen LogP contribution in [0.25, 0.3) is 0 Å². The summed E-state index contributed by atoms with van der Waals surface area (Å²) in [6.07, 6.45) is 1.57. The van der Waals surface area contributed by atoms with Gasteiger partial charge in [-0.3, -0.25) is 0 Å². The van der Waals surface area contributed by atoms with Crippen LogP contribution in [0.15, 0.2) is 22.7 Å². The average molecular weight is 429 g/mol. The summed E-state index contributed by atoms with van der Waals surface area (Å²) in [6, 6.07) is 4.36. The van der Waals surface area contributed by atoms with Crippen molar-refractivity contribution in [1.29, 1.82) is 0 Å². The largest absolute Gasteiger partial charge is 0.416 e. The van der Waals surface area contributed by atoms with Gasteiger partial charge in [-0.25, -0.2) is 0 Å². The fourth-order valence-electron chi connectivity index (χ4n) is 2.90. The number of alkyl halides is 4. The van der Waals surface area contributed by atoms with Gasteiger partial charge in [-0.2, -0.15) is 13.2 Å². The molecule has 1 aliphatic carbocycles. The number of halogens is 5. The molecule has 21 heavy (non-hydrogen) atoms. The third-order valence-corrected chi connectivity index (χ3v) is 4.92. The Morgan fingerprint density at radius 2 is 1.81 bits per heavy atom. The zero-order valence-electron chi connectivity index (χ0n) is 11.6. The van der Waals surface area contributed by atoms with Crippen LogP contribution in [-0.2, 0) is 6.18 Å². The molecular formula is C15H18Br2F3N. The third-order valence-electron chi connectivity index (χ3n) is 3.93. The molecule has 118 valence electrons. The van der Waals surface area contributed by atoms with E-state index in [0.717, 1.165) is 30.4 Å². The molecule has 0 aromatic heterocycles. The molecule has 0 radical (unpaired) electrons. The molecule has 0 spiro atoms. The minimum atomic E-state index is -4.30. The molecule has 0 atom stereocenters. The fraction of sp³-hybridized carbons (Fsp3) is 0.600. The van der Waals surface area contributed by atoms with Gasteiger partial charge in [0.05, 0.1) is 11.3 Å². The van der Waals surface area contributed by atoms with Crippen LogP contribution in [-0.4, -0.2) is 17.9 Å². The second-order valence-electron chi connectivity index (χ2n) is 5.34. The summed E-state index contributed by atoms with van der Waals surface area (Å²) in [4.78, 5) is 2.23. The van der Waals surface area contributed by atoms with E-state index in [1.165, 1.54) is 31.4 Å². The summed E-state index contributed by atoms with van der Waals surface area (Å²) in [5, 5.41) is 0.803. The first-order valence-electron chi connectivity index (χ1n) is 7.13. The standard InChI is InChI=1S/C15H18Br2F3N/c16-8-9-21(12-4-2-1-3-5-12)14-7-6-11(10-13(14)17)15(18,19)20/h6-7,10,12H,1-5,8-9H2. The van der Waals surface area contributed by atoms with Crippen LogP contribution in [0.5, 0.6) is 0 Å². The topological polar surface area (TPSA) is 3.24 Å². The van der Waals surface area contributed by atoms with Crippen molar-refractivity contribution in [1.82, 2.24) is 0 Å². The summed E-state index contributed by atoms with van der Waals surface area (Å²) in [5.41, 5.74) is 0.245. The first-order chi connectivity index (χ1) is 9.93. The van der Waals surface area contributed by atoms with Crippen molar-refractivity contribution in [2.75, 3.05) is 16.8 Å². The van der Waals surface area contributed by atoms with Crippen molar-refractivity contribution < 1.29 is 13.2 Å². The Bertz CT molecular complexity index is 470. The normalized spacial score (nSPS) is 17.0. The molecule has 2 rings (SSSR count). The lowest BCUT2D eigenvalue weighted by Gasteiger charge is -2.36. The molecule has 0 saturated heterocycles. The minimum absolute atomic E-state index is 0.421. The lowest BCUT2D eigenvalue weighted by atomic mass is 9.93. The predicted octanol–water partition coefficient (Wildman–Crippen LogP) is 6.00. The van der Waals surface area contributed by atoms with Crippen molar-refractivity contribution in [2.45, 2.75) is 44.3 Å². The highest BCUT2D eigenvalue weighted by Crippen LogP contribution is 2.37. The highest BCUT2D eigenvalue weighted by Gasteiger charge is 2.31. The first kappa shape index (κ1) is 17.1. The smallest absolute Gasteiger partial charge is 0.367 e. The molecule has 1 aliphatic rings. The number of rotatable bonds is 4. The Balaban J connectivity index is 2.27. The van der Waals surface area contributed by atoms with Gasteiger partial charge in [-0.15, -0.1) is 0 Å². The SMILES string of the molecule is FC(F)(F)c1ccc(N(CCBr)C2CCCCC2)c(Br)c1. The van der Waals surface area contributed by atoms with Gasteiger partial charge in [-0.05, 0) is 47.0 Å². The molecule has 0 unspecified atom stereocenters. The van der Waals surface area contributed by atoms with Crippen LogP contribution < -0.4 is 4.90 Å². The van der Waals surface area contributed by atoms with Crippen molar-refractivity contribution in [3.05, 3.63) is 28.2 Å². The fourth-order valence-corrected chi connectivity index (χ4v) is 3.89. The van der Waals surface area contributed by atoms with Gasteiger partial charge in [0.25, 0.3) is 0 Å². The number of benzene rings is 1. The van der Waals surface area contributed by atoms with Gasteiger partial charge in [0.1, 0.15) is 0 Å². The van der Waals surface area contributed by atoms with Crippen LogP contribution >= 0.6 is 31.9 Å². The minimum Gasteiger partial charge on any atom is -0.367 e. The zero-order chi connectivity index (χ0) is 15.5. The summed E-state index contributed by atoms with van der Waals surface area (Å²) >= 11 is 6.77. The van der Waals surface area contributed by atoms with E-state index in [9.17, 15) is 13.2 Å². The zero-order valence-corrected chi connectivity index (χ0v) is 14.8. The molecule has 1 nitrogen and oxygen atoms in total. The van der Waals surface area contributed by atoms with Crippen LogP contribution in [0.2, 0.25) is 0 Å². The van der Waals surface area contributed by atoms with Crippen molar-refractivity contribution in [3.8, 4) is 0 Å². The summed E-state index contributed by atoms with van der Waals surface area (Å²) < 4.78 is 38.8. The van der Waals surface area contributed by atoms with Gasteiger partial charge in [-0.1, -0.05) is 35.2 Å². The van der Waals surface area contributed by atoms with E-state index >= 15 is 0 Å². The number of hydrogen-bond donors (Lipinski definition) is 0. The Morgan fingerprint density at radius 3 is 2.33 bits per heavy atom. The Morgan fingerprint density at radius 1 is 1.14 bits per heavy atom. The highest BCUT2D eigenvalue weighted by molar-refractivity contribution is 9.10. The maximum Gasteiger partial charge on any atom is 0.416 e. The molecule has 0 N–H and O–H groups in total. The monoisotopic (exact) mass is 427 g/mol. The maximum atomic E-state index is 12.8. The second-order valence-corrected chi connectivity index (χ2v) is 6.99.